The van der Waals surface area contributed by atoms with E-state index >= 15 is 0 Å². The third kappa shape index (κ3) is 5.29. The fourth-order valence-corrected chi connectivity index (χ4v) is 4.59. The molecular formula is C27H25Cl2NO3. The summed E-state index contributed by atoms with van der Waals surface area (Å²) in [5, 5.41) is 4.29. The smallest absolute Gasteiger partial charge is 0.251 e. The lowest BCUT2D eigenvalue weighted by Gasteiger charge is -2.19. The molecule has 4 nitrogen and oxygen atoms in total. The molecule has 0 unspecified atom stereocenters. The number of halogens is 2. The van der Waals surface area contributed by atoms with Crippen molar-refractivity contribution in [3.05, 3.63) is 86.9 Å². The predicted octanol–water partition coefficient (Wildman–Crippen LogP) is 6.96. The second-order valence-electron chi connectivity index (χ2n) is 8.60. The number of hydrogen-bond acceptors (Lipinski definition) is 3. The summed E-state index contributed by atoms with van der Waals surface area (Å²) in [7, 11) is 0. The number of carbonyl (C=O) groups excluding carboxylic acids is 1. The topological polar surface area (TPSA) is 47.6 Å². The maximum Gasteiger partial charge on any atom is 0.251 e. The van der Waals surface area contributed by atoms with E-state index in [2.05, 4.69) is 23.5 Å². The van der Waals surface area contributed by atoms with E-state index in [-0.39, 0.29) is 5.91 Å². The van der Waals surface area contributed by atoms with E-state index in [1.807, 2.05) is 12.1 Å². The van der Waals surface area contributed by atoms with Crippen LogP contribution in [0.4, 0.5) is 0 Å². The molecule has 0 spiro atoms. The molecule has 1 heterocycles. The molecule has 0 saturated heterocycles. The number of nitrogens with one attached hydrogen (secondary N) is 1. The van der Waals surface area contributed by atoms with Crippen molar-refractivity contribution in [2.24, 2.45) is 0 Å². The van der Waals surface area contributed by atoms with Crippen LogP contribution in [-0.4, -0.2) is 19.1 Å². The zero-order valence-electron chi connectivity index (χ0n) is 18.2. The van der Waals surface area contributed by atoms with Gasteiger partial charge in [-0.25, -0.2) is 0 Å². The number of hydrogen-bond donors (Lipinski definition) is 1. The minimum absolute atomic E-state index is 0.132. The van der Waals surface area contributed by atoms with E-state index in [1.165, 1.54) is 18.4 Å². The maximum absolute atomic E-state index is 12.5. The Bertz CT molecular complexity index is 1170. The quantitative estimate of drug-likeness (QED) is 0.396. The highest BCUT2D eigenvalue weighted by molar-refractivity contribution is 6.32. The lowest BCUT2D eigenvalue weighted by atomic mass is 10.1. The minimum atomic E-state index is -0.132. The van der Waals surface area contributed by atoms with Gasteiger partial charge in [-0.3, -0.25) is 4.79 Å². The summed E-state index contributed by atoms with van der Waals surface area (Å²) in [6.07, 6.45) is 5.15. The van der Waals surface area contributed by atoms with E-state index in [4.69, 9.17) is 32.7 Å². The second kappa shape index (κ2) is 9.66. The Labute approximate surface area is 203 Å². The van der Waals surface area contributed by atoms with Crippen molar-refractivity contribution in [1.29, 1.82) is 0 Å². The average Bonchev–Trinajstić information content (AvgIpc) is 3.66. The van der Waals surface area contributed by atoms with Gasteiger partial charge in [-0.05, 0) is 91.1 Å². The van der Waals surface area contributed by atoms with Gasteiger partial charge in [0.2, 0.25) is 0 Å². The SMILES string of the molecule is O=C(NCCc1ccc(C2CC2)cc1Cl)c1ccc(Oc2cc3c(cc2Cl)CCCO3)cc1. The molecule has 2 aliphatic rings. The Kier molecular flexibility index (Phi) is 6.48. The highest BCUT2D eigenvalue weighted by Crippen LogP contribution is 2.41. The molecule has 1 aliphatic carbocycles. The fourth-order valence-electron chi connectivity index (χ4n) is 4.08. The van der Waals surface area contributed by atoms with Gasteiger partial charge in [0.1, 0.15) is 17.2 Å². The fraction of sp³-hybridized carbons (Fsp3) is 0.296. The molecular weight excluding hydrogens is 457 g/mol. The molecule has 6 heteroatoms. The van der Waals surface area contributed by atoms with Crippen LogP contribution in [0.2, 0.25) is 10.0 Å². The summed E-state index contributed by atoms with van der Waals surface area (Å²) in [6, 6.07) is 17.0. The molecule has 33 heavy (non-hydrogen) atoms. The highest BCUT2D eigenvalue weighted by Gasteiger charge is 2.23. The van der Waals surface area contributed by atoms with E-state index < -0.39 is 0 Å². The lowest BCUT2D eigenvalue weighted by molar-refractivity contribution is 0.0954. The van der Waals surface area contributed by atoms with E-state index in [0.717, 1.165) is 34.7 Å². The van der Waals surface area contributed by atoms with Gasteiger partial charge in [0, 0.05) is 23.2 Å². The minimum Gasteiger partial charge on any atom is -0.493 e. The van der Waals surface area contributed by atoms with Gasteiger partial charge in [-0.2, -0.15) is 0 Å². The van der Waals surface area contributed by atoms with Crippen molar-refractivity contribution < 1.29 is 14.3 Å². The number of rotatable bonds is 7. The molecule has 1 amide bonds. The molecule has 1 N–H and O–H groups in total. The van der Waals surface area contributed by atoms with Crippen molar-refractivity contribution in [3.63, 3.8) is 0 Å². The molecule has 170 valence electrons. The average molecular weight is 482 g/mol. The first-order valence-corrected chi connectivity index (χ1v) is 12.1. The summed E-state index contributed by atoms with van der Waals surface area (Å²) in [6.45, 7) is 1.22. The van der Waals surface area contributed by atoms with Gasteiger partial charge >= 0.3 is 0 Å². The first-order valence-electron chi connectivity index (χ1n) is 11.4. The maximum atomic E-state index is 12.5. The van der Waals surface area contributed by atoms with Crippen LogP contribution in [0.25, 0.3) is 0 Å². The second-order valence-corrected chi connectivity index (χ2v) is 9.41. The third-order valence-electron chi connectivity index (χ3n) is 6.11. The van der Waals surface area contributed by atoms with Crippen molar-refractivity contribution in [1.82, 2.24) is 5.32 Å². The molecule has 0 aromatic heterocycles. The van der Waals surface area contributed by atoms with Crippen LogP contribution in [0, 0.1) is 0 Å². The molecule has 1 aliphatic heterocycles. The number of benzene rings is 3. The van der Waals surface area contributed by atoms with Gasteiger partial charge < -0.3 is 14.8 Å². The number of aryl methyl sites for hydroxylation is 1. The Morgan fingerprint density at radius 3 is 2.61 bits per heavy atom. The van der Waals surface area contributed by atoms with Gasteiger partial charge in [-0.15, -0.1) is 0 Å². The summed E-state index contributed by atoms with van der Waals surface area (Å²) in [4.78, 5) is 12.5. The van der Waals surface area contributed by atoms with Crippen molar-refractivity contribution in [2.75, 3.05) is 13.2 Å². The summed E-state index contributed by atoms with van der Waals surface area (Å²) >= 11 is 12.8. The third-order valence-corrected chi connectivity index (χ3v) is 6.76. The Morgan fingerprint density at radius 1 is 1.03 bits per heavy atom. The van der Waals surface area contributed by atoms with Crippen LogP contribution >= 0.6 is 23.2 Å². The van der Waals surface area contributed by atoms with Crippen LogP contribution in [0.5, 0.6) is 17.2 Å². The standard InChI is InChI=1S/C27H25Cl2NO3/c28-23-14-20(17-3-4-17)6-5-18(23)11-12-30-27(31)19-7-9-22(10-8-19)33-26-16-25-21(15-24(26)29)2-1-13-32-25/h5-10,14-17H,1-4,11-13H2,(H,30,31). The predicted molar refractivity (Wildman–Crippen MR) is 131 cm³/mol. The monoisotopic (exact) mass is 481 g/mol. The van der Waals surface area contributed by atoms with Gasteiger partial charge in [0.15, 0.2) is 0 Å². The molecule has 1 fully saturated rings. The van der Waals surface area contributed by atoms with Gasteiger partial charge in [0.05, 0.1) is 11.6 Å². The zero-order valence-corrected chi connectivity index (χ0v) is 19.7. The van der Waals surface area contributed by atoms with Crippen molar-refractivity contribution in [3.8, 4) is 17.2 Å². The molecule has 0 bridgehead atoms. The first-order chi connectivity index (χ1) is 16.1. The van der Waals surface area contributed by atoms with E-state index in [0.29, 0.717) is 47.6 Å². The Balaban J connectivity index is 1.16. The Morgan fingerprint density at radius 2 is 1.85 bits per heavy atom. The molecule has 0 radical (unpaired) electrons. The first kappa shape index (κ1) is 22.1. The Hall–Kier alpha value is -2.69. The molecule has 3 aromatic rings. The number of fused-ring (bicyclic) bond motifs is 1. The molecule has 0 atom stereocenters. The number of ether oxygens (including phenoxy) is 2. The number of carbonyl (C=O) groups is 1. The summed E-state index contributed by atoms with van der Waals surface area (Å²) in [5.74, 6) is 2.51. The van der Waals surface area contributed by atoms with Crippen LogP contribution in [0.15, 0.2) is 54.6 Å². The van der Waals surface area contributed by atoms with Gasteiger partial charge in [-0.1, -0.05) is 35.3 Å². The van der Waals surface area contributed by atoms with Crippen molar-refractivity contribution in [2.45, 2.75) is 38.0 Å². The summed E-state index contributed by atoms with van der Waals surface area (Å²) in [5.41, 5.74) is 4.04. The molecule has 3 aromatic carbocycles. The van der Waals surface area contributed by atoms with Crippen LogP contribution < -0.4 is 14.8 Å². The molecule has 5 rings (SSSR count). The number of amides is 1. The van der Waals surface area contributed by atoms with Crippen LogP contribution in [0.1, 0.15) is 52.2 Å². The highest BCUT2D eigenvalue weighted by atomic mass is 35.5. The summed E-state index contributed by atoms with van der Waals surface area (Å²) < 4.78 is 11.6. The van der Waals surface area contributed by atoms with Crippen LogP contribution in [0.3, 0.4) is 0 Å². The largest absolute Gasteiger partial charge is 0.493 e. The van der Waals surface area contributed by atoms with E-state index in [9.17, 15) is 4.79 Å². The van der Waals surface area contributed by atoms with Gasteiger partial charge in [0.25, 0.3) is 5.91 Å². The lowest BCUT2D eigenvalue weighted by Crippen LogP contribution is -2.25. The normalized spacial score (nSPS) is 14.8. The zero-order chi connectivity index (χ0) is 22.8. The van der Waals surface area contributed by atoms with Crippen LogP contribution in [-0.2, 0) is 12.8 Å². The van der Waals surface area contributed by atoms with E-state index in [1.54, 1.807) is 24.3 Å². The molecule has 1 saturated carbocycles. The van der Waals surface area contributed by atoms with Crippen molar-refractivity contribution >= 4 is 29.1 Å².